The minimum Gasteiger partial charge on any atom is -0.479 e. The number of aliphatic imine (C=N–C) groups is 1. The molecule has 3 heterocycles. The van der Waals surface area contributed by atoms with Crippen LogP contribution in [-0.2, 0) is 11.8 Å². The van der Waals surface area contributed by atoms with Crippen molar-refractivity contribution in [3.8, 4) is 17.1 Å². The highest BCUT2D eigenvalue weighted by Crippen LogP contribution is 2.38. The number of halogens is 1. The van der Waals surface area contributed by atoms with E-state index in [9.17, 15) is 5.11 Å². The molecule has 0 saturated heterocycles. The van der Waals surface area contributed by atoms with E-state index in [0.717, 1.165) is 50.5 Å². The zero-order chi connectivity index (χ0) is 30.4. The average Bonchev–Trinajstić information content (AvgIpc) is 3.43. The van der Waals surface area contributed by atoms with Crippen LogP contribution >= 0.6 is 28.4 Å². The molecule has 0 bridgehead atoms. The standard InChI is InChI=1S/C28H42IN8O3P/c1-10-22-21-12-23(32-20(7)26(21)37(34-22)41-29)25-19(6)33-36(9)28(25)40-17(4)13-35(8)14-24(31-16(3)15-38)18(5)27(30)39-11-2/h10,12,16-17,38,41H,1,11,13-15,30H2,2-9H3/b27-18+,31-24?. The summed E-state index contributed by atoms with van der Waals surface area (Å²) < 4.78 is 15.8. The molecule has 0 saturated carbocycles. The molecule has 3 N–H and O–H groups in total. The molecule has 0 fully saturated rings. The Morgan fingerprint density at radius 1 is 1.32 bits per heavy atom. The van der Waals surface area contributed by atoms with Crippen molar-refractivity contribution in [1.82, 2.24) is 29.2 Å². The maximum Gasteiger partial charge on any atom is 0.221 e. The lowest BCUT2D eigenvalue weighted by Crippen LogP contribution is -2.36. The lowest BCUT2D eigenvalue weighted by Gasteiger charge is -2.24. The number of aromatic nitrogens is 5. The third-order valence-corrected chi connectivity index (χ3v) is 8.46. The number of fused-ring (bicyclic) bond motifs is 1. The minimum atomic E-state index is -0.254. The van der Waals surface area contributed by atoms with Crippen LogP contribution in [0.4, 0.5) is 0 Å². The molecule has 0 radical (unpaired) electrons. The highest BCUT2D eigenvalue weighted by Gasteiger charge is 2.23. The van der Waals surface area contributed by atoms with E-state index in [1.54, 1.807) is 10.8 Å². The van der Waals surface area contributed by atoms with Gasteiger partial charge >= 0.3 is 0 Å². The quantitative estimate of drug-likeness (QED) is 0.108. The van der Waals surface area contributed by atoms with Crippen molar-refractivity contribution in [3.05, 3.63) is 41.2 Å². The summed E-state index contributed by atoms with van der Waals surface area (Å²) in [6, 6.07) is 1.80. The fraction of sp³-hybridized carbons (Fsp3) is 0.500. The molecule has 3 aromatic heterocycles. The van der Waals surface area contributed by atoms with E-state index in [1.807, 2.05) is 60.1 Å². The van der Waals surface area contributed by atoms with Crippen LogP contribution < -0.4 is 10.5 Å². The van der Waals surface area contributed by atoms with Gasteiger partial charge in [-0.2, -0.15) is 10.2 Å². The number of ether oxygens (including phenoxy) is 2. The van der Waals surface area contributed by atoms with Crippen LogP contribution in [0.15, 0.2) is 29.1 Å². The van der Waals surface area contributed by atoms with E-state index >= 15 is 0 Å². The molecule has 0 aromatic carbocycles. The van der Waals surface area contributed by atoms with Gasteiger partial charge in [0.25, 0.3) is 0 Å². The molecule has 3 rings (SSSR count). The number of aliphatic hydroxyl groups is 1. The number of nitrogens with zero attached hydrogens (tertiary/aromatic N) is 7. The highest BCUT2D eigenvalue weighted by molar-refractivity contribution is 14.2. The zero-order valence-electron chi connectivity index (χ0n) is 25.2. The molecule has 0 aliphatic heterocycles. The monoisotopic (exact) mass is 696 g/mol. The van der Waals surface area contributed by atoms with Crippen molar-refractivity contribution < 1.29 is 14.6 Å². The number of likely N-dealkylation sites (N-methyl/N-ethyl adjacent to an activating group) is 1. The third kappa shape index (κ3) is 7.65. The van der Waals surface area contributed by atoms with E-state index < -0.39 is 0 Å². The Labute approximate surface area is 257 Å². The topological polar surface area (TPSA) is 129 Å². The van der Waals surface area contributed by atoms with Crippen LogP contribution in [0.3, 0.4) is 0 Å². The first-order valence-corrected chi connectivity index (χ1v) is 17.6. The summed E-state index contributed by atoms with van der Waals surface area (Å²) in [5.74, 6) is 0.991. The summed E-state index contributed by atoms with van der Waals surface area (Å²) in [4.78, 5) is 11.8. The normalized spacial score (nSPS) is 14.7. The van der Waals surface area contributed by atoms with Gasteiger partial charge in [-0.15, -0.1) is 0 Å². The smallest absolute Gasteiger partial charge is 0.221 e. The van der Waals surface area contributed by atoms with Crippen molar-refractivity contribution >= 4 is 51.1 Å². The summed E-state index contributed by atoms with van der Waals surface area (Å²) in [7, 11) is 3.88. The van der Waals surface area contributed by atoms with Crippen LogP contribution in [0.25, 0.3) is 28.2 Å². The van der Waals surface area contributed by atoms with Crippen molar-refractivity contribution in [2.75, 3.05) is 33.4 Å². The van der Waals surface area contributed by atoms with Gasteiger partial charge in [0.15, 0.2) is 5.88 Å². The lowest BCUT2D eigenvalue weighted by atomic mass is 10.1. The first kappa shape index (κ1) is 33.0. The van der Waals surface area contributed by atoms with Crippen LogP contribution in [0.5, 0.6) is 5.88 Å². The summed E-state index contributed by atoms with van der Waals surface area (Å²) in [5.41, 5.74) is 12.9. The van der Waals surface area contributed by atoms with E-state index in [2.05, 4.69) is 49.7 Å². The maximum atomic E-state index is 9.58. The molecule has 41 heavy (non-hydrogen) atoms. The van der Waals surface area contributed by atoms with Crippen molar-refractivity contribution in [2.45, 2.75) is 53.7 Å². The second-order valence-corrected chi connectivity index (χ2v) is 12.2. The summed E-state index contributed by atoms with van der Waals surface area (Å²) >= 11 is 2.32. The van der Waals surface area contributed by atoms with Gasteiger partial charge in [-0.25, -0.2) is 9.13 Å². The van der Waals surface area contributed by atoms with Crippen molar-refractivity contribution in [2.24, 2.45) is 17.8 Å². The molecule has 0 spiro atoms. The Morgan fingerprint density at radius 3 is 2.63 bits per heavy atom. The van der Waals surface area contributed by atoms with Gasteiger partial charge in [-0.1, -0.05) is 6.58 Å². The molecule has 3 aromatic rings. The van der Waals surface area contributed by atoms with Gasteiger partial charge in [0, 0.05) is 31.1 Å². The van der Waals surface area contributed by atoms with Gasteiger partial charge in [0.05, 0.1) is 65.2 Å². The number of aryl methyl sites for hydroxylation is 3. The first-order chi connectivity index (χ1) is 19.4. The maximum absolute atomic E-state index is 9.58. The van der Waals surface area contributed by atoms with Crippen molar-refractivity contribution in [3.63, 3.8) is 0 Å². The molecule has 3 unspecified atom stereocenters. The van der Waals surface area contributed by atoms with Crippen LogP contribution in [-0.4, -0.2) is 85.5 Å². The Hall–Kier alpha value is -2.54. The average molecular weight is 697 g/mol. The summed E-state index contributed by atoms with van der Waals surface area (Å²) in [6.07, 6.45) is 2.05. The van der Waals surface area contributed by atoms with E-state index in [1.165, 1.54) is 0 Å². The fourth-order valence-corrected chi connectivity index (χ4v) is 6.26. The second kappa shape index (κ2) is 14.6. The first-order valence-electron chi connectivity index (χ1n) is 13.5. The molecule has 0 aliphatic rings. The Bertz CT molecular complexity index is 1450. The number of hydrogen-bond acceptors (Lipinski definition) is 9. The molecule has 0 aliphatic carbocycles. The summed E-state index contributed by atoms with van der Waals surface area (Å²) in [5, 5.41) is 19.9. The van der Waals surface area contributed by atoms with Gasteiger partial charge in [0.2, 0.25) is 5.88 Å². The fourth-order valence-electron chi connectivity index (χ4n) is 4.70. The predicted molar refractivity (Wildman–Crippen MR) is 177 cm³/mol. The molecule has 11 nitrogen and oxygen atoms in total. The highest BCUT2D eigenvalue weighted by atomic mass is 127. The molecule has 224 valence electrons. The number of hydrogen-bond donors (Lipinski definition) is 2. The second-order valence-electron chi connectivity index (χ2n) is 10.1. The zero-order valence-corrected chi connectivity index (χ0v) is 28.4. The molecule has 3 atom stereocenters. The van der Waals surface area contributed by atoms with Gasteiger partial charge in [-0.3, -0.25) is 14.9 Å². The van der Waals surface area contributed by atoms with Gasteiger partial charge in [0.1, 0.15) is 6.10 Å². The van der Waals surface area contributed by atoms with E-state index in [0.29, 0.717) is 37.8 Å². The van der Waals surface area contributed by atoms with Crippen LogP contribution in [0, 0.1) is 13.8 Å². The number of nitrogens with two attached hydrogens (primary N) is 1. The number of rotatable bonds is 14. The third-order valence-electron chi connectivity index (χ3n) is 6.61. The van der Waals surface area contributed by atoms with Crippen LogP contribution in [0.2, 0.25) is 0 Å². The lowest BCUT2D eigenvalue weighted by molar-refractivity contribution is 0.159. The number of pyridine rings is 1. The molecule has 13 heteroatoms. The molecular weight excluding hydrogens is 654 g/mol. The van der Waals surface area contributed by atoms with Gasteiger partial charge < -0.3 is 20.3 Å². The van der Waals surface area contributed by atoms with Gasteiger partial charge in [-0.05, 0) is 82.8 Å². The molecular formula is C28H42IN8O3P. The largest absolute Gasteiger partial charge is 0.479 e. The SMILES string of the molecule is C=Cc1nn(PI)c2c(C)nc(-c3c(C)nn(C)c3OC(C)CN(C)CC(=NC(C)CO)/C(C)=C(\N)OCC)cc12. The Morgan fingerprint density at radius 2 is 2.02 bits per heavy atom. The summed E-state index contributed by atoms with van der Waals surface area (Å²) in [6.45, 7) is 17.1. The minimum absolute atomic E-state index is 0.0516. The molecule has 0 amide bonds. The Balaban J connectivity index is 1.89. The Kier molecular flexibility index (Phi) is 11.7. The predicted octanol–water partition coefficient (Wildman–Crippen LogP) is 4.63. The van der Waals surface area contributed by atoms with E-state index in [-0.39, 0.29) is 18.8 Å². The number of aliphatic hydroxyl groups excluding tert-OH is 1. The van der Waals surface area contributed by atoms with Crippen LogP contribution in [0.1, 0.15) is 44.8 Å². The van der Waals surface area contributed by atoms with Crippen molar-refractivity contribution in [1.29, 1.82) is 0 Å². The van der Waals surface area contributed by atoms with E-state index in [4.69, 9.17) is 25.3 Å².